The molecule has 0 bridgehead atoms. The summed E-state index contributed by atoms with van der Waals surface area (Å²) in [6.45, 7) is 5.98. The lowest BCUT2D eigenvalue weighted by Crippen LogP contribution is -2.31. The number of unbranched alkanes of at least 4 members (excludes halogenated alkanes) is 2. The van der Waals surface area contributed by atoms with Crippen molar-refractivity contribution in [2.75, 3.05) is 0 Å². The quantitative estimate of drug-likeness (QED) is 0.531. The first kappa shape index (κ1) is 14.2. The molecule has 0 aromatic rings. The topological polar surface area (TPSA) is 57.5 Å². The van der Waals surface area contributed by atoms with Gasteiger partial charge in [-0.3, -0.25) is 4.79 Å². The van der Waals surface area contributed by atoms with E-state index in [1.807, 2.05) is 6.08 Å². The second-order valence-corrected chi connectivity index (χ2v) is 5.07. The molecule has 0 heterocycles. The lowest BCUT2D eigenvalue weighted by Gasteiger charge is -2.25. The van der Waals surface area contributed by atoms with Crippen molar-refractivity contribution >= 4 is 5.97 Å². The number of allylic oxidation sites excluding steroid dienone is 1. The third-order valence-electron chi connectivity index (χ3n) is 3.95. The van der Waals surface area contributed by atoms with Gasteiger partial charge in [0, 0.05) is 0 Å². The van der Waals surface area contributed by atoms with Crippen LogP contribution in [0.1, 0.15) is 45.4 Å². The van der Waals surface area contributed by atoms with Gasteiger partial charge in [-0.2, -0.15) is 0 Å². The van der Waals surface area contributed by atoms with Crippen LogP contribution in [0.3, 0.4) is 0 Å². The van der Waals surface area contributed by atoms with Gasteiger partial charge in [0.2, 0.25) is 0 Å². The molecule has 1 saturated carbocycles. The van der Waals surface area contributed by atoms with E-state index in [0.717, 1.165) is 19.3 Å². The Hall–Kier alpha value is -0.830. The van der Waals surface area contributed by atoms with E-state index in [0.29, 0.717) is 6.42 Å². The molecule has 0 aromatic carbocycles. The van der Waals surface area contributed by atoms with Crippen LogP contribution in [0.15, 0.2) is 12.7 Å². The summed E-state index contributed by atoms with van der Waals surface area (Å²) in [5.74, 6) is -1.15. The van der Waals surface area contributed by atoms with Gasteiger partial charge in [0.05, 0.1) is 12.0 Å². The van der Waals surface area contributed by atoms with E-state index in [4.69, 9.17) is 0 Å². The summed E-state index contributed by atoms with van der Waals surface area (Å²) in [6, 6.07) is 0. The van der Waals surface area contributed by atoms with E-state index >= 15 is 0 Å². The number of aliphatic hydroxyl groups is 1. The summed E-state index contributed by atoms with van der Waals surface area (Å²) < 4.78 is 0. The Balaban J connectivity index is 2.61. The summed E-state index contributed by atoms with van der Waals surface area (Å²) in [4.78, 5) is 11.2. The highest BCUT2D eigenvalue weighted by molar-refractivity contribution is 5.71. The molecule has 2 N–H and O–H groups in total. The SMILES string of the molecule is C=CC(CCCCC)C1CCC(O)C1C(=O)O. The van der Waals surface area contributed by atoms with Gasteiger partial charge >= 0.3 is 5.97 Å². The minimum Gasteiger partial charge on any atom is -0.481 e. The second-order valence-electron chi connectivity index (χ2n) is 5.07. The Morgan fingerprint density at radius 3 is 2.71 bits per heavy atom. The second kappa shape index (κ2) is 6.80. The molecule has 1 aliphatic carbocycles. The van der Waals surface area contributed by atoms with Crippen molar-refractivity contribution in [1.82, 2.24) is 0 Å². The minimum atomic E-state index is -0.859. The van der Waals surface area contributed by atoms with E-state index in [1.165, 1.54) is 12.8 Å². The maximum atomic E-state index is 11.2. The Morgan fingerprint density at radius 1 is 1.47 bits per heavy atom. The van der Waals surface area contributed by atoms with Crippen LogP contribution in [0.5, 0.6) is 0 Å². The lowest BCUT2D eigenvalue weighted by atomic mass is 9.80. The number of carboxylic acid groups (broad SMARTS) is 1. The predicted octanol–water partition coefficient (Wildman–Crippen LogP) is 2.84. The maximum Gasteiger partial charge on any atom is 0.309 e. The van der Waals surface area contributed by atoms with Crippen LogP contribution in [0.4, 0.5) is 0 Å². The largest absolute Gasteiger partial charge is 0.481 e. The van der Waals surface area contributed by atoms with Crippen LogP contribution in [0.2, 0.25) is 0 Å². The van der Waals surface area contributed by atoms with E-state index < -0.39 is 18.0 Å². The molecule has 1 fully saturated rings. The highest BCUT2D eigenvalue weighted by Crippen LogP contribution is 2.39. The van der Waals surface area contributed by atoms with Crippen LogP contribution in [-0.2, 0) is 4.79 Å². The highest BCUT2D eigenvalue weighted by atomic mass is 16.4. The zero-order chi connectivity index (χ0) is 12.8. The molecule has 3 nitrogen and oxygen atoms in total. The number of hydrogen-bond acceptors (Lipinski definition) is 2. The Labute approximate surface area is 104 Å². The van der Waals surface area contributed by atoms with Gasteiger partial charge in [0.15, 0.2) is 0 Å². The summed E-state index contributed by atoms with van der Waals surface area (Å²) in [6.07, 6.45) is 7.09. The summed E-state index contributed by atoms with van der Waals surface area (Å²) in [5, 5.41) is 18.9. The molecule has 1 aliphatic rings. The molecule has 0 radical (unpaired) electrons. The number of aliphatic hydroxyl groups excluding tert-OH is 1. The summed E-state index contributed by atoms with van der Waals surface area (Å²) >= 11 is 0. The highest BCUT2D eigenvalue weighted by Gasteiger charge is 2.42. The molecule has 3 heteroatoms. The fourth-order valence-electron chi connectivity index (χ4n) is 2.97. The van der Waals surface area contributed by atoms with Gasteiger partial charge in [-0.15, -0.1) is 6.58 Å². The number of carbonyl (C=O) groups is 1. The Morgan fingerprint density at radius 2 is 2.18 bits per heavy atom. The molecular weight excluding hydrogens is 216 g/mol. The van der Waals surface area contributed by atoms with Crippen LogP contribution < -0.4 is 0 Å². The standard InChI is InChI=1S/C14H24O3/c1-3-5-6-7-10(4-2)11-8-9-12(15)13(11)14(16)17/h4,10-13,15H,2-3,5-9H2,1H3,(H,16,17). The summed E-state index contributed by atoms with van der Waals surface area (Å²) in [7, 11) is 0. The van der Waals surface area contributed by atoms with Crippen LogP contribution in [0.25, 0.3) is 0 Å². The zero-order valence-electron chi connectivity index (χ0n) is 10.6. The average Bonchev–Trinajstić information content (AvgIpc) is 2.66. The van der Waals surface area contributed by atoms with Gasteiger partial charge in [-0.25, -0.2) is 0 Å². The zero-order valence-corrected chi connectivity index (χ0v) is 10.6. The summed E-state index contributed by atoms with van der Waals surface area (Å²) in [5.41, 5.74) is 0. The first-order chi connectivity index (χ1) is 8.11. The van der Waals surface area contributed by atoms with Gasteiger partial charge in [-0.05, 0) is 31.1 Å². The van der Waals surface area contributed by atoms with Gasteiger partial charge in [0.1, 0.15) is 0 Å². The van der Waals surface area contributed by atoms with Crippen LogP contribution in [-0.4, -0.2) is 22.3 Å². The van der Waals surface area contributed by atoms with Crippen molar-refractivity contribution < 1.29 is 15.0 Å². The molecule has 0 saturated heterocycles. The molecule has 1 rings (SSSR count). The Kier molecular flexibility index (Phi) is 5.69. The third-order valence-corrected chi connectivity index (χ3v) is 3.95. The molecule has 0 spiro atoms. The van der Waals surface area contributed by atoms with Crippen molar-refractivity contribution in [3.63, 3.8) is 0 Å². The van der Waals surface area contributed by atoms with Gasteiger partial charge in [-0.1, -0.05) is 32.3 Å². The Bertz CT molecular complexity index is 262. The van der Waals surface area contributed by atoms with Crippen LogP contribution >= 0.6 is 0 Å². The fourth-order valence-corrected chi connectivity index (χ4v) is 2.97. The van der Waals surface area contributed by atoms with Crippen molar-refractivity contribution in [2.24, 2.45) is 17.8 Å². The van der Waals surface area contributed by atoms with Gasteiger partial charge < -0.3 is 10.2 Å². The molecule has 0 aromatic heterocycles. The number of rotatable bonds is 7. The first-order valence-corrected chi connectivity index (χ1v) is 6.65. The van der Waals surface area contributed by atoms with Crippen molar-refractivity contribution in [1.29, 1.82) is 0 Å². The van der Waals surface area contributed by atoms with E-state index in [1.54, 1.807) is 0 Å². The minimum absolute atomic E-state index is 0.0665. The first-order valence-electron chi connectivity index (χ1n) is 6.65. The van der Waals surface area contributed by atoms with E-state index in [9.17, 15) is 15.0 Å². The molecule has 4 atom stereocenters. The van der Waals surface area contributed by atoms with Crippen molar-refractivity contribution in [3.8, 4) is 0 Å². The molecule has 17 heavy (non-hydrogen) atoms. The smallest absolute Gasteiger partial charge is 0.309 e. The van der Waals surface area contributed by atoms with Crippen molar-refractivity contribution in [2.45, 2.75) is 51.6 Å². The number of carboxylic acids is 1. The number of aliphatic carboxylic acids is 1. The maximum absolute atomic E-state index is 11.2. The predicted molar refractivity (Wildman–Crippen MR) is 67.7 cm³/mol. The molecule has 0 amide bonds. The molecular formula is C14H24O3. The third kappa shape index (κ3) is 3.56. The molecule has 98 valence electrons. The van der Waals surface area contributed by atoms with Crippen LogP contribution in [0, 0.1) is 17.8 Å². The molecule has 4 unspecified atom stereocenters. The monoisotopic (exact) mass is 240 g/mol. The van der Waals surface area contributed by atoms with E-state index in [-0.39, 0.29) is 11.8 Å². The lowest BCUT2D eigenvalue weighted by molar-refractivity contribution is -0.146. The fraction of sp³-hybridized carbons (Fsp3) is 0.786. The average molecular weight is 240 g/mol. The molecule has 0 aliphatic heterocycles. The number of hydrogen-bond donors (Lipinski definition) is 2. The van der Waals surface area contributed by atoms with E-state index in [2.05, 4.69) is 13.5 Å². The van der Waals surface area contributed by atoms with Gasteiger partial charge in [0.25, 0.3) is 0 Å². The normalized spacial score (nSPS) is 30.1. The van der Waals surface area contributed by atoms with Crippen molar-refractivity contribution in [3.05, 3.63) is 12.7 Å².